The third kappa shape index (κ3) is 4.17. The van der Waals surface area contributed by atoms with Crippen molar-refractivity contribution >= 4 is 23.2 Å². The molecule has 6 nitrogen and oxygen atoms in total. The highest BCUT2D eigenvalue weighted by Gasteiger charge is 2.28. The number of amides is 1. The maximum atomic E-state index is 12.4. The molecule has 3 rings (SSSR count). The lowest BCUT2D eigenvalue weighted by molar-refractivity contribution is -0.129. The number of hydrogen-bond donors (Lipinski definition) is 1. The number of methoxy groups -OCH3 is 1. The third-order valence-corrected chi connectivity index (χ3v) is 5.08. The number of hydrogen-bond acceptors (Lipinski definition) is 6. The molecule has 1 saturated carbocycles. The van der Waals surface area contributed by atoms with E-state index in [2.05, 4.69) is 10.3 Å². The first kappa shape index (κ1) is 17.4. The quantitative estimate of drug-likeness (QED) is 0.802. The molecule has 0 unspecified atom stereocenters. The number of carbonyl (C=O) groups excluding carboxylic acids is 2. The average molecular weight is 360 g/mol. The predicted molar refractivity (Wildman–Crippen MR) is 94.9 cm³/mol. The zero-order valence-corrected chi connectivity index (χ0v) is 15.2. The Kier molecular flexibility index (Phi) is 5.03. The first-order valence-electron chi connectivity index (χ1n) is 8.11. The highest BCUT2D eigenvalue weighted by molar-refractivity contribution is 7.17. The summed E-state index contributed by atoms with van der Waals surface area (Å²) < 4.78 is 10.4. The van der Waals surface area contributed by atoms with Crippen LogP contribution in [0.2, 0.25) is 0 Å². The zero-order chi connectivity index (χ0) is 18.0. The van der Waals surface area contributed by atoms with Gasteiger partial charge in [-0.3, -0.25) is 4.79 Å². The molecule has 0 spiro atoms. The molecular formula is C18H20N2O4S. The Morgan fingerprint density at radius 3 is 2.56 bits per heavy atom. The second-order valence-electron chi connectivity index (χ2n) is 5.99. The van der Waals surface area contributed by atoms with Crippen LogP contribution in [0.25, 0.3) is 10.6 Å². The number of esters is 1. The molecule has 1 fully saturated rings. The molecule has 2 aromatic rings. The molecule has 1 heterocycles. The Balaban J connectivity index is 1.70. The van der Waals surface area contributed by atoms with Crippen molar-refractivity contribution in [2.45, 2.75) is 38.8 Å². The van der Waals surface area contributed by atoms with Crippen molar-refractivity contribution in [3.8, 4) is 16.3 Å². The van der Waals surface area contributed by atoms with Crippen LogP contribution in [0.5, 0.6) is 5.75 Å². The van der Waals surface area contributed by atoms with E-state index in [1.807, 2.05) is 24.3 Å². The first-order chi connectivity index (χ1) is 12.0. The Morgan fingerprint density at radius 1 is 1.28 bits per heavy atom. The number of ether oxygens (including phenoxy) is 2. The minimum atomic E-state index is -0.820. The average Bonchev–Trinajstić information content (AvgIpc) is 3.33. The van der Waals surface area contributed by atoms with Crippen LogP contribution >= 0.6 is 11.3 Å². The van der Waals surface area contributed by atoms with Crippen LogP contribution in [-0.2, 0) is 9.53 Å². The van der Waals surface area contributed by atoms with Crippen molar-refractivity contribution in [1.29, 1.82) is 0 Å². The van der Waals surface area contributed by atoms with Crippen molar-refractivity contribution in [2.24, 2.45) is 0 Å². The topological polar surface area (TPSA) is 77.5 Å². The zero-order valence-electron chi connectivity index (χ0n) is 14.4. The minimum absolute atomic E-state index is 0.237. The van der Waals surface area contributed by atoms with Gasteiger partial charge in [-0.1, -0.05) is 0 Å². The van der Waals surface area contributed by atoms with E-state index in [1.54, 1.807) is 21.0 Å². The van der Waals surface area contributed by atoms with Crippen LogP contribution in [0.3, 0.4) is 0 Å². The van der Waals surface area contributed by atoms with Gasteiger partial charge in [0, 0.05) is 11.6 Å². The minimum Gasteiger partial charge on any atom is -0.497 e. The molecule has 1 aliphatic carbocycles. The number of aromatic nitrogens is 1. The van der Waals surface area contributed by atoms with E-state index in [-0.39, 0.29) is 11.9 Å². The van der Waals surface area contributed by atoms with Gasteiger partial charge < -0.3 is 14.8 Å². The summed E-state index contributed by atoms with van der Waals surface area (Å²) in [6, 6.07) is 7.69. The summed E-state index contributed by atoms with van der Waals surface area (Å²) in [6.45, 7) is 3.34. The Bertz CT molecular complexity index is 781. The van der Waals surface area contributed by atoms with Gasteiger partial charge in [0.05, 0.1) is 12.8 Å². The van der Waals surface area contributed by atoms with Crippen LogP contribution in [0.15, 0.2) is 24.3 Å². The second kappa shape index (κ2) is 7.23. The lowest BCUT2D eigenvalue weighted by atomic mass is 10.2. The van der Waals surface area contributed by atoms with Gasteiger partial charge in [-0.2, -0.15) is 0 Å². The molecule has 1 aromatic carbocycles. The van der Waals surface area contributed by atoms with Crippen molar-refractivity contribution < 1.29 is 19.1 Å². The number of aryl methyl sites for hydroxylation is 1. The van der Waals surface area contributed by atoms with Gasteiger partial charge in [0.15, 0.2) is 6.10 Å². The fraction of sp³-hybridized carbons (Fsp3) is 0.389. The fourth-order valence-corrected chi connectivity index (χ4v) is 3.21. The van der Waals surface area contributed by atoms with Crippen molar-refractivity contribution in [3.63, 3.8) is 0 Å². The van der Waals surface area contributed by atoms with Crippen molar-refractivity contribution in [3.05, 3.63) is 34.8 Å². The van der Waals surface area contributed by atoms with Gasteiger partial charge in [-0.25, -0.2) is 9.78 Å². The molecule has 0 aliphatic heterocycles. The lowest BCUT2D eigenvalue weighted by Gasteiger charge is -2.12. The van der Waals surface area contributed by atoms with Crippen LogP contribution in [0.4, 0.5) is 0 Å². The van der Waals surface area contributed by atoms with E-state index in [4.69, 9.17) is 9.47 Å². The summed E-state index contributed by atoms with van der Waals surface area (Å²) >= 11 is 1.26. The van der Waals surface area contributed by atoms with Gasteiger partial charge in [-0.15, -0.1) is 11.3 Å². The number of rotatable bonds is 6. The molecule has 0 saturated heterocycles. The van der Waals surface area contributed by atoms with Crippen LogP contribution in [0.1, 0.15) is 35.1 Å². The number of carbonyl (C=O) groups is 2. The SMILES string of the molecule is COc1ccc(-c2nc(C)c(C(=O)O[C@H](C)C(=O)NC3CC3)s2)cc1. The molecule has 0 bridgehead atoms. The molecule has 1 amide bonds. The van der Waals surface area contributed by atoms with E-state index in [0.717, 1.165) is 29.2 Å². The van der Waals surface area contributed by atoms with Gasteiger partial charge in [0.1, 0.15) is 15.6 Å². The molecule has 25 heavy (non-hydrogen) atoms. The van der Waals surface area contributed by atoms with Crippen molar-refractivity contribution in [2.75, 3.05) is 7.11 Å². The van der Waals surface area contributed by atoms with Crippen LogP contribution in [0, 0.1) is 6.92 Å². The maximum absolute atomic E-state index is 12.4. The van der Waals surface area contributed by atoms with E-state index in [9.17, 15) is 9.59 Å². The summed E-state index contributed by atoms with van der Waals surface area (Å²) in [5.41, 5.74) is 1.49. The van der Waals surface area contributed by atoms with E-state index < -0.39 is 12.1 Å². The number of nitrogens with one attached hydrogen (secondary N) is 1. The molecule has 7 heteroatoms. The molecule has 1 aromatic heterocycles. The first-order valence-corrected chi connectivity index (χ1v) is 8.92. The number of nitrogens with zero attached hydrogens (tertiary/aromatic N) is 1. The van der Waals surface area contributed by atoms with Crippen LogP contribution in [-0.4, -0.2) is 36.1 Å². The largest absolute Gasteiger partial charge is 0.497 e. The van der Waals surface area contributed by atoms with Gasteiger partial charge in [0.25, 0.3) is 5.91 Å². The predicted octanol–water partition coefficient (Wildman–Crippen LogP) is 2.95. The Labute approximate surface area is 150 Å². The second-order valence-corrected chi connectivity index (χ2v) is 6.99. The third-order valence-electron chi connectivity index (χ3n) is 3.90. The smallest absolute Gasteiger partial charge is 0.351 e. The Hall–Kier alpha value is -2.41. The van der Waals surface area contributed by atoms with E-state index >= 15 is 0 Å². The molecular weight excluding hydrogens is 340 g/mol. The van der Waals surface area contributed by atoms with Crippen LogP contribution < -0.4 is 10.1 Å². The molecule has 132 valence electrons. The van der Waals surface area contributed by atoms with E-state index in [0.29, 0.717) is 10.6 Å². The van der Waals surface area contributed by atoms with Gasteiger partial charge in [-0.05, 0) is 51.0 Å². The fourth-order valence-electron chi connectivity index (χ4n) is 2.26. The van der Waals surface area contributed by atoms with Crippen molar-refractivity contribution in [1.82, 2.24) is 10.3 Å². The summed E-state index contributed by atoms with van der Waals surface area (Å²) in [5.74, 6) is -0.0197. The molecule has 1 atom stereocenters. The summed E-state index contributed by atoms with van der Waals surface area (Å²) in [7, 11) is 1.61. The lowest BCUT2D eigenvalue weighted by Crippen LogP contribution is -2.37. The normalized spacial score (nSPS) is 14.7. The summed E-state index contributed by atoms with van der Waals surface area (Å²) in [5, 5.41) is 3.55. The molecule has 1 aliphatic rings. The summed E-state index contributed by atoms with van der Waals surface area (Å²) in [6.07, 6.45) is 1.16. The summed E-state index contributed by atoms with van der Waals surface area (Å²) in [4.78, 5) is 29.2. The standard InChI is InChI=1S/C18H20N2O4S/c1-10-15(18(22)24-11(2)16(21)20-13-6-7-13)25-17(19-10)12-4-8-14(23-3)9-5-12/h4-5,8-9,11,13H,6-7H2,1-3H3,(H,20,21)/t11-/m1/s1. The molecule has 0 radical (unpaired) electrons. The number of benzene rings is 1. The number of thiazole rings is 1. The monoisotopic (exact) mass is 360 g/mol. The van der Waals surface area contributed by atoms with Gasteiger partial charge >= 0.3 is 5.97 Å². The maximum Gasteiger partial charge on any atom is 0.351 e. The van der Waals surface area contributed by atoms with E-state index in [1.165, 1.54) is 11.3 Å². The highest BCUT2D eigenvalue weighted by atomic mass is 32.1. The Morgan fingerprint density at radius 2 is 1.96 bits per heavy atom. The highest BCUT2D eigenvalue weighted by Crippen LogP contribution is 2.30. The molecule has 1 N–H and O–H groups in total. The van der Waals surface area contributed by atoms with Gasteiger partial charge in [0.2, 0.25) is 0 Å².